The molecule has 148 valence electrons. The fourth-order valence-corrected chi connectivity index (χ4v) is 2.79. The maximum Gasteiger partial charge on any atom is 0.308 e. The minimum absolute atomic E-state index is 0.0214. The molecular formula is C20H23N3O5. The molecule has 2 rings (SSSR count). The molecule has 1 unspecified atom stereocenters. The highest BCUT2D eigenvalue weighted by Gasteiger charge is 2.19. The van der Waals surface area contributed by atoms with E-state index >= 15 is 0 Å². The highest BCUT2D eigenvalue weighted by atomic mass is 16.6. The molecule has 1 atom stereocenters. The number of aryl methyl sites for hydroxylation is 1. The Morgan fingerprint density at radius 2 is 1.93 bits per heavy atom. The summed E-state index contributed by atoms with van der Waals surface area (Å²) in [6, 6.07) is 13.8. The Hall–Kier alpha value is -3.42. The first kappa shape index (κ1) is 20.9. The number of carbonyl (C=O) groups excluding carboxylic acids is 1. The number of anilines is 1. The summed E-state index contributed by atoms with van der Waals surface area (Å²) in [4.78, 5) is 33.9. The zero-order valence-corrected chi connectivity index (χ0v) is 15.6. The third-order valence-corrected chi connectivity index (χ3v) is 4.23. The standard InChI is InChI=1S/C20H23N3O5/c1-14-5-4-6-15(11-14)12-16(20(25)26)13-22-19(24)9-10-21-17-7-2-3-8-18(17)23(27)28/h2-8,11,16,21H,9-10,12-13H2,1H3,(H,22,24)(H,25,26). The average molecular weight is 385 g/mol. The Balaban J connectivity index is 1.82. The molecule has 0 fully saturated rings. The third-order valence-electron chi connectivity index (χ3n) is 4.23. The first-order valence-corrected chi connectivity index (χ1v) is 8.89. The van der Waals surface area contributed by atoms with Gasteiger partial charge in [0, 0.05) is 25.6 Å². The highest BCUT2D eigenvalue weighted by Crippen LogP contribution is 2.22. The van der Waals surface area contributed by atoms with Crippen LogP contribution in [0.3, 0.4) is 0 Å². The number of rotatable bonds is 10. The molecule has 0 radical (unpaired) electrons. The molecular weight excluding hydrogens is 362 g/mol. The number of nitro groups is 1. The number of amides is 1. The minimum Gasteiger partial charge on any atom is -0.481 e. The molecule has 0 aromatic heterocycles. The van der Waals surface area contributed by atoms with Crippen molar-refractivity contribution in [2.24, 2.45) is 5.92 Å². The van der Waals surface area contributed by atoms with Gasteiger partial charge in [-0.1, -0.05) is 42.0 Å². The van der Waals surface area contributed by atoms with Crippen molar-refractivity contribution in [1.82, 2.24) is 5.32 Å². The summed E-state index contributed by atoms with van der Waals surface area (Å²) in [6.07, 6.45) is 0.397. The van der Waals surface area contributed by atoms with Crippen molar-refractivity contribution in [2.45, 2.75) is 19.8 Å². The maximum absolute atomic E-state index is 12.0. The molecule has 0 aliphatic rings. The fourth-order valence-electron chi connectivity index (χ4n) is 2.79. The number of carboxylic acid groups (broad SMARTS) is 1. The number of carboxylic acids is 1. The van der Waals surface area contributed by atoms with Gasteiger partial charge in [0.2, 0.25) is 5.91 Å². The van der Waals surface area contributed by atoms with Crippen molar-refractivity contribution in [3.63, 3.8) is 0 Å². The van der Waals surface area contributed by atoms with Crippen molar-refractivity contribution in [2.75, 3.05) is 18.4 Å². The van der Waals surface area contributed by atoms with Gasteiger partial charge in [0.25, 0.3) is 5.69 Å². The van der Waals surface area contributed by atoms with Gasteiger partial charge in [-0.2, -0.15) is 0 Å². The highest BCUT2D eigenvalue weighted by molar-refractivity contribution is 5.78. The zero-order chi connectivity index (χ0) is 20.5. The van der Waals surface area contributed by atoms with Crippen molar-refractivity contribution in [1.29, 1.82) is 0 Å². The van der Waals surface area contributed by atoms with Crippen LogP contribution < -0.4 is 10.6 Å². The Kier molecular flexibility index (Phi) is 7.50. The second kappa shape index (κ2) is 10.1. The van der Waals surface area contributed by atoms with Gasteiger partial charge in [0.05, 0.1) is 10.8 Å². The number of nitrogens with one attached hydrogen (secondary N) is 2. The van der Waals surface area contributed by atoms with E-state index in [1.807, 2.05) is 31.2 Å². The molecule has 8 heteroatoms. The third kappa shape index (κ3) is 6.39. The van der Waals surface area contributed by atoms with E-state index in [1.54, 1.807) is 18.2 Å². The first-order valence-electron chi connectivity index (χ1n) is 8.89. The SMILES string of the molecule is Cc1cccc(CC(CNC(=O)CCNc2ccccc2[N+](=O)[O-])C(=O)O)c1. The van der Waals surface area contributed by atoms with E-state index in [0.29, 0.717) is 12.1 Å². The number of carbonyl (C=O) groups is 2. The smallest absolute Gasteiger partial charge is 0.308 e. The van der Waals surface area contributed by atoms with E-state index < -0.39 is 16.8 Å². The summed E-state index contributed by atoms with van der Waals surface area (Å²) in [5.74, 6) is -2.02. The Morgan fingerprint density at radius 1 is 1.18 bits per heavy atom. The van der Waals surface area contributed by atoms with Crippen molar-refractivity contribution < 1.29 is 19.6 Å². The quantitative estimate of drug-likeness (QED) is 0.427. The molecule has 0 heterocycles. The van der Waals surface area contributed by atoms with Gasteiger partial charge in [-0.05, 0) is 25.0 Å². The van der Waals surface area contributed by atoms with Crippen LogP contribution in [-0.2, 0) is 16.0 Å². The van der Waals surface area contributed by atoms with Crippen LogP contribution in [0.15, 0.2) is 48.5 Å². The summed E-state index contributed by atoms with van der Waals surface area (Å²) >= 11 is 0. The molecule has 0 saturated heterocycles. The van der Waals surface area contributed by atoms with Crippen LogP contribution >= 0.6 is 0 Å². The molecule has 0 aliphatic carbocycles. The topological polar surface area (TPSA) is 122 Å². The minimum atomic E-state index is -0.972. The molecule has 28 heavy (non-hydrogen) atoms. The van der Waals surface area contributed by atoms with Crippen molar-refractivity contribution >= 4 is 23.3 Å². The average Bonchev–Trinajstić information content (AvgIpc) is 2.65. The lowest BCUT2D eigenvalue weighted by molar-refractivity contribution is -0.384. The Labute approximate surface area is 162 Å². The monoisotopic (exact) mass is 385 g/mol. The van der Waals surface area contributed by atoms with E-state index in [-0.39, 0.29) is 31.1 Å². The number of para-hydroxylation sites is 2. The van der Waals surface area contributed by atoms with Crippen LogP contribution in [-0.4, -0.2) is 35.0 Å². The van der Waals surface area contributed by atoms with E-state index in [4.69, 9.17) is 0 Å². The second-order valence-corrected chi connectivity index (χ2v) is 6.48. The van der Waals surface area contributed by atoms with Crippen molar-refractivity contribution in [3.05, 3.63) is 69.8 Å². The summed E-state index contributed by atoms with van der Waals surface area (Å²) in [6.45, 7) is 2.16. The predicted octanol–water partition coefficient (Wildman–Crippen LogP) is 2.76. The largest absolute Gasteiger partial charge is 0.481 e. The molecule has 2 aromatic carbocycles. The van der Waals surface area contributed by atoms with E-state index in [9.17, 15) is 24.8 Å². The van der Waals surface area contributed by atoms with Crippen molar-refractivity contribution in [3.8, 4) is 0 Å². The van der Waals surface area contributed by atoms with Crippen LogP contribution in [0.5, 0.6) is 0 Å². The zero-order valence-electron chi connectivity index (χ0n) is 15.6. The lowest BCUT2D eigenvalue weighted by Gasteiger charge is -2.14. The summed E-state index contributed by atoms with van der Waals surface area (Å²) < 4.78 is 0. The molecule has 0 bridgehead atoms. The molecule has 8 nitrogen and oxygen atoms in total. The number of nitro benzene ring substituents is 1. The number of aliphatic carboxylic acids is 1. The molecule has 0 spiro atoms. The van der Waals surface area contributed by atoms with Crippen LogP contribution in [0.4, 0.5) is 11.4 Å². The maximum atomic E-state index is 12.0. The van der Waals surface area contributed by atoms with Gasteiger partial charge in [0.15, 0.2) is 0 Å². The van der Waals surface area contributed by atoms with Gasteiger partial charge in [-0.25, -0.2) is 0 Å². The molecule has 1 amide bonds. The summed E-state index contributed by atoms with van der Waals surface area (Å²) in [5, 5.41) is 25.9. The number of hydrogen-bond donors (Lipinski definition) is 3. The first-order chi connectivity index (χ1) is 13.4. The number of benzene rings is 2. The van der Waals surface area contributed by atoms with Gasteiger partial charge < -0.3 is 15.7 Å². The van der Waals surface area contributed by atoms with Crippen LogP contribution in [0.2, 0.25) is 0 Å². The lowest BCUT2D eigenvalue weighted by atomic mass is 9.98. The number of hydrogen-bond acceptors (Lipinski definition) is 5. The Morgan fingerprint density at radius 3 is 2.61 bits per heavy atom. The molecule has 0 saturated carbocycles. The van der Waals surface area contributed by atoms with Crippen LogP contribution in [0, 0.1) is 23.0 Å². The van der Waals surface area contributed by atoms with E-state index in [1.165, 1.54) is 6.07 Å². The van der Waals surface area contributed by atoms with Crippen LogP contribution in [0.1, 0.15) is 17.5 Å². The van der Waals surface area contributed by atoms with Gasteiger partial charge in [0.1, 0.15) is 5.69 Å². The second-order valence-electron chi connectivity index (χ2n) is 6.48. The summed E-state index contributed by atoms with van der Waals surface area (Å²) in [7, 11) is 0. The van der Waals surface area contributed by atoms with Gasteiger partial charge in [-0.15, -0.1) is 0 Å². The predicted molar refractivity (Wildman–Crippen MR) is 105 cm³/mol. The van der Waals surface area contributed by atoms with E-state index in [2.05, 4.69) is 10.6 Å². The lowest BCUT2D eigenvalue weighted by Crippen LogP contribution is -2.34. The molecule has 3 N–H and O–H groups in total. The van der Waals surface area contributed by atoms with Gasteiger partial charge >= 0.3 is 5.97 Å². The summed E-state index contributed by atoms with van der Waals surface area (Å²) in [5.41, 5.74) is 2.22. The normalized spacial score (nSPS) is 11.5. The molecule has 0 aliphatic heterocycles. The van der Waals surface area contributed by atoms with E-state index in [0.717, 1.165) is 11.1 Å². The van der Waals surface area contributed by atoms with Gasteiger partial charge in [-0.3, -0.25) is 19.7 Å². The van der Waals surface area contributed by atoms with Crippen LogP contribution in [0.25, 0.3) is 0 Å². The number of nitrogens with zero attached hydrogens (tertiary/aromatic N) is 1. The molecule has 2 aromatic rings. The fraction of sp³-hybridized carbons (Fsp3) is 0.300. The Bertz CT molecular complexity index is 853.